The lowest BCUT2D eigenvalue weighted by molar-refractivity contribution is 0.250. The highest BCUT2D eigenvalue weighted by atomic mass is 16.5. The van der Waals surface area contributed by atoms with Gasteiger partial charge in [-0.2, -0.15) is 0 Å². The first kappa shape index (κ1) is 23.7. The van der Waals surface area contributed by atoms with Crippen LogP contribution in [0.1, 0.15) is 12.8 Å². The Hall–Kier alpha value is -3.98. The molecule has 4 heterocycles. The van der Waals surface area contributed by atoms with Gasteiger partial charge in [-0.15, -0.1) is 0 Å². The number of hydrogen-bond acceptors (Lipinski definition) is 7. The van der Waals surface area contributed by atoms with Crippen molar-refractivity contribution in [3.05, 3.63) is 88.0 Å². The highest BCUT2D eigenvalue weighted by molar-refractivity contribution is 5.82. The van der Waals surface area contributed by atoms with Gasteiger partial charge in [-0.05, 0) is 43.7 Å². The van der Waals surface area contributed by atoms with E-state index in [9.17, 15) is 9.59 Å². The van der Waals surface area contributed by atoms with E-state index in [1.807, 2.05) is 36.4 Å². The van der Waals surface area contributed by atoms with Crippen LogP contribution in [0.3, 0.4) is 0 Å². The van der Waals surface area contributed by atoms with Crippen molar-refractivity contribution in [3.63, 3.8) is 0 Å². The number of rotatable bonds is 8. The van der Waals surface area contributed by atoms with Crippen LogP contribution in [0.25, 0.3) is 16.6 Å². The second-order valence-electron chi connectivity index (χ2n) is 8.86. The molecule has 0 aliphatic carbocycles. The average Bonchev–Trinajstić information content (AvgIpc) is 2.94. The molecule has 1 aromatic carbocycles. The first-order chi connectivity index (χ1) is 17.7. The van der Waals surface area contributed by atoms with Crippen LogP contribution in [0.15, 0.2) is 76.7 Å². The second-order valence-corrected chi connectivity index (χ2v) is 8.86. The Morgan fingerprint density at radius 2 is 1.58 bits per heavy atom. The quantitative estimate of drug-likeness (QED) is 0.354. The molecule has 9 nitrogen and oxygen atoms in total. The molecule has 0 spiro atoms. The zero-order valence-electron chi connectivity index (χ0n) is 20.4. The molecule has 1 aliphatic rings. The summed E-state index contributed by atoms with van der Waals surface area (Å²) in [6, 6.07) is 14.7. The van der Waals surface area contributed by atoms with Gasteiger partial charge in [-0.25, -0.2) is 14.8 Å². The lowest BCUT2D eigenvalue weighted by atomic mass is 10.0. The molecule has 0 unspecified atom stereocenters. The monoisotopic (exact) mass is 486 g/mol. The zero-order valence-corrected chi connectivity index (χ0v) is 20.4. The maximum absolute atomic E-state index is 13.6. The number of unbranched alkanes of at least 4 members (excludes halogenated alkanes) is 1. The van der Waals surface area contributed by atoms with E-state index in [-0.39, 0.29) is 11.2 Å². The molecule has 1 fully saturated rings. The molecule has 3 aromatic heterocycles. The van der Waals surface area contributed by atoms with Gasteiger partial charge in [0, 0.05) is 56.9 Å². The van der Waals surface area contributed by atoms with Gasteiger partial charge in [0.1, 0.15) is 5.75 Å². The first-order valence-corrected chi connectivity index (χ1v) is 12.3. The molecule has 36 heavy (non-hydrogen) atoms. The molecule has 0 amide bonds. The van der Waals surface area contributed by atoms with E-state index in [0.29, 0.717) is 28.9 Å². The van der Waals surface area contributed by atoms with Crippen molar-refractivity contribution in [1.29, 1.82) is 0 Å². The number of fused-ring (bicyclic) bond motifs is 1. The summed E-state index contributed by atoms with van der Waals surface area (Å²) in [7, 11) is 1.58. The highest BCUT2D eigenvalue weighted by Crippen LogP contribution is 2.29. The lowest BCUT2D eigenvalue weighted by Crippen LogP contribution is -2.47. The Labute approximate surface area is 209 Å². The van der Waals surface area contributed by atoms with Crippen LogP contribution < -0.4 is 20.9 Å². The molecule has 9 heteroatoms. The van der Waals surface area contributed by atoms with Gasteiger partial charge < -0.3 is 9.64 Å². The summed E-state index contributed by atoms with van der Waals surface area (Å²) >= 11 is 0. The van der Waals surface area contributed by atoms with E-state index in [0.717, 1.165) is 51.5 Å². The average molecular weight is 487 g/mol. The van der Waals surface area contributed by atoms with Crippen molar-refractivity contribution in [2.45, 2.75) is 19.4 Å². The molecular weight excluding hydrogens is 456 g/mol. The van der Waals surface area contributed by atoms with Crippen LogP contribution in [0.5, 0.6) is 5.75 Å². The Bertz CT molecular complexity index is 1440. The van der Waals surface area contributed by atoms with Gasteiger partial charge in [0.05, 0.1) is 18.2 Å². The van der Waals surface area contributed by atoms with Gasteiger partial charge in [-0.1, -0.05) is 24.3 Å². The molecule has 0 atom stereocenters. The summed E-state index contributed by atoms with van der Waals surface area (Å²) in [5, 5.41) is 0. The minimum Gasteiger partial charge on any atom is -0.496 e. The molecule has 0 bridgehead atoms. The van der Waals surface area contributed by atoms with Crippen molar-refractivity contribution in [3.8, 4) is 16.9 Å². The maximum Gasteiger partial charge on any atom is 0.335 e. The topological polar surface area (TPSA) is 85.0 Å². The fourth-order valence-corrected chi connectivity index (χ4v) is 4.81. The number of ether oxygens (including phenoxy) is 1. The van der Waals surface area contributed by atoms with Crippen molar-refractivity contribution >= 4 is 11.5 Å². The number of benzene rings is 1. The summed E-state index contributed by atoms with van der Waals surface area (Å²) < 4.78 is 8.43. The second kappa shape index (κ2) is 10.7. The SMILES string of the molecule is COc1ccccc1-c1c(=O)n(CCCCN2CCN(c3ncccn3)CC2)c(=O)n2ccccc12. The smallest absolute Gasteiger partial charge is 0.335 e. The first-order valence-electron chi connectivity index (χ1n) is 12.3. The zero-order chi connectivity index (χ0) is 24.9. The molecule has 186 valence electrons. The summed E-state index contributed by atoms with van der Waals surface area (Å²) in [5.41, 5.74) is 1.14. The number of hydrogen-bond donors (Lipinski definition) is 0. The fourth-order valence-electron chi connectivity index (χ4n) is 4.81. The minimum absolute atomic E-state index is 0.285. The highest BCUT2D eigenvalue weighted by Gasteiger charge is 2.20. The van der Waals surface area contributed by atoms with Crippen LogP contribution in [0.2, 0.25) is 0 Å². The Morgan fingerprint density at radius 3 is 2.36 bits per heavy atom. The molecule has 4 aromatic rings. The normalized spacial score (nSPS) is 14.3. The number of piperazine rings is 1. The van der Waals surface area contributed by atoms with Crippen molar-refractivity contribution in [2.75, 3.05) is 44.7 Å². The van der Waals surface area contributed by atoms with Gasteiger partial charge in [0.2, 0.25) is 5.95 Å². The van der Waals surface area contributed by atoms with Crippen molar-refractivity contribution in [1.82, 2.24) is 23.8 Å². The Morgan fingerprint density at radius 1 is 0.861 bits per heavy atom. The molecule has 0 N–H and O–H groups in total. The van der Waals surface area contributed by atoms with Crippen LogP contribution in [-0.4, -0.2) is 63.7 Å². The number of aromatic nitrogens is 4. The standard InChI is InChI=1S/C27H30N6O3/c1-36-23-11-3-2-9-21(23)24-22-10-4-5-15-32(22)27(35)33(25(24)34)16-7-6-14-30-17-19-31(20-18-30)26-28-12-8-13-29-26/h2-5,8-13,15H,6-7,14,16-20H2,1H3. The van der Waals surface area contributed by atoms with Gasteiger partial charge in [0.15, 0.2) is 0 Å². The van der Waals surface area contributed by atoms with Crippen molar-refractivity contribution < 1.29 is 4.74 Å². The lowest BCUT2D eigenvalue weighted by Gasteiger charge is -2.34. The van der Waals surface area contributed by atoms with Crippen LogP contribution in [0.4, 0.5) is 5.95 Å². The molecular formula is C27H30N6O3. The third kappa shape index (κ3) is 4.74. The third-order valence-electron chi connectivity index (χ3n) is 6.70. The van der Waals surface area contributed by atoms with Gasteiger partial charge in [0.25, 0.3) is 5.56 Å². The maximum atomic E-state index is 13.6. The number of pyridine rings is 1. The number of methoxy groups -OCH3 is 1. The summed E-state index contributed by atoms with van der Waals surface area (Å²) in [4.78, 5) is 40.1. The van der Waals surface area contributed by atoms with Gasteiger partial charge in [-0.3, -0.25) is 18.7 Å². The van der Waals surface area contributed by atoms with Crippen LogP contribution in [-0.2, 0) is 6.54 Å². The summed E-state index contributed by atoms with van der Waals surface area (Å²) in [5.74, 6) is 1.38. The van der Waals surface area contributed by atoms with Crippen LogP contribution in [0, 0.1) is 0 Å². The molecule has 1 aliphatic heterocycles. The molecule has 5 rings (SSSR count). The molecule has 0 radical (unpaired) electrons. The molecule has 0 saturated carbocycles. The fraction of sp³-hybridized carbons (Fsp3) is 0.333. The van der Waals surface area contributed by atoms with E-state index >= 15 is 0 Å². The predicted molar refractivity (Wildman–Crippen MR) is 140 cm³/mol. The van der Waals surface area contributed by atoms with Gasteiger partial charge >= 0.3 is 5.69 Å². The van der Waals surface area contributed by atoms with E-state index in [2.05, 4.69) is 19.8 Å². The number of para-hydroxylation sites is 1. The van der Waals surface area contributed by atoms with E-state index in [4.69, 9.17) is 4.74 Å². The third-order valence-corrected chi connectivity index (χ3v) is 6.70. The van der Waals surface area contributed by atoms with Crippen molar-refractivity contribution in [2.24, 2.45) is 0 Å². The predicted octanol–water partition coefficient (Wildman–Crippen LogP) is 2.53. The summed E-state index contributed by atoms with van der Waals surface area (Å²) in [6.07, 6.45) is 6.88. The Balaban J connectivity index is 1.29. The van der Waals surface area contributed by atoms with E-state index in [1.54, 1.807) is 42.2 Å². The minimum atomic E-state index is -0.314. The number of anilines is 1. The van der Waals surface area contributed by atoms with Crippen LogP contribution >= 0.6 is 0 Å². The molecule has 1 saturated heterocycles. The van der Waals surface area contributed by atoms with E-state index in [1.165, 1.54) is 4.57 Å². The van der Waals surface area contributed by atoms with E-state index < -0.39 is 0 Å². The number of nitrogens with zero attached hydrogens (tertiary/aromatic N) is 6. The largest absolute Gasteiger partial charge is 0.496 e. The Kier molecular flexibility index (Phi) is 7.08. The summed E-state index contributed by atoms with van der Waals surface area (Å²) in [6.45, 7) is 4.95.